The molecule has 0 aromatic heterocycles. The fourth-order valence-electron chi connectivity index (χ4n) is 1.45. The minimum Gasteiger partial charge on any atom is -0.295 e. The molecule has 0 atom stereocenters. The van der Waals surface area contributed by atoms with E-state index >= 15 is 0 Å². The van der Waals surface area contributed by atoms with Gasteiger partial charge in [0.15, 0.2) is 5.78 Å². The molecule has 1 aliphatic rings. The summed E-state index contributed by atoms with van der Waals surface area (Å²) in [6, 6.07) is 8.19. The van der Waals surface area contributed by atoms with E-state index in [1.165, 1.54) is 18.2 Å². The van der Waals surface area contributed by atoms with Gasteiger partial charge < -0.3 is 0 Å². The van der Waals surface area contributed by atoms with Crippen molar-refractivity contribution in [2.24, 2.45) is 0 Å². The van der Waals surface area contributed by atoms with E-state index in [1.807, 2.05) is 0 Å². The molecule has 0 unspecified atom stereocenters. The molecule has 82 valence electrons. The summed E-state index contributed by atoms with van der Waals surface area (Å²) >= 11 is 0. The quantitative estimate of drug-likeness (QED) is 0.785. The van der Waals surface area contributed by atoms with Crippen LogP contribution < -0.4 is 0 Å². The third-order valence-electron chi connectivity index (χ3n) is 2.30. The molecule has 0 bridgehead atoms. The smallest absolute Gasteiger partial charge is 0.206 e. The van der Waals surface area contributed by atoms with Crippen molar-refractivity contribution >= 4 is 15.6 Å². The Kier molecular flexibility index (Phi) is 2.75. The molecule has 1 aromatic carbocycles. The lowest BCUT2D eigenvalue weighted by Gasteiger charge is -2.07. The second kappa shape index (κ2) is 4.06. The molecule has 1 aromatic rings. The van der Waals surface area contributed by atoms with Crippen molar-refractivity contribution in [1.29, 1.82) is 0 Å². The highest BCUT2D eigenvalue weighted by molar-refractivity contribution is 7.95. The zero-order chi connectivity index (χ0) is 11.6. The molecule has 0 spiro atoms. The molecule has 2 rings (SSSR count). The molecule has 4 heteroatoms. The number of benzene rings is 1. The second-order valence-corrected chi connectivity index (χ2v) is 5.38. The first-order chi connectivity index (χ1) is 7.60. The SMILES string of the molecule is O=C1C=CC(S(=O)(=O)c2ccccc2)=CC1. The number of allylic oxidation sites excluding steroid dienone is 3. The van der Waals surface area contributed by atoms with Crippen LogP contribution in [0.4, 0.5) is 0 Å². The largest absolute Gasteiger partial charge is 0.295 e. The van der Waals surface area contributed by atoms with Gasteiger partial charge in [0, 0.05) is 6.42 Å². The van der Waals surface area contributed by atoms with E-state index in [2.05, 4.69) is 0 Å². The zero-order valence-electron chi connectivity index (χ0n) is 8.46. The third kappa shape index (κ3) is 1.97. The molecular weight excluding hydrogens is 224 g/mol. The van der Waals surface area contributed by atoms with Crippen molar-refractivity contribution in [3.63, 3.8) is 0 Å². The van der Waals surface area contributed by atoms with E-state index in [9.17, 15) is 13.2 Å². The molecular formula is C12H10O3S. The van der Waals surface area contributed by atoms with Gasteiger partial charge >= 0.3 is 0 Å². The highest BCUT2D eigenvalue weighted by Gasteiger charge is 2.20. The molecule has 0 aliphatic heterocycles. The van der Waals surface area contributed by atoms with Crippen LogP contribution in [0.3, 0.4) is 0 Å². The normalized spacial score (nSPS) is 16.0. The van der Waals surface area contributed by atoms with Gasteiger partial charge in [-0.2, -0.15) is 0 Å². The van der Waals surface area contributed by atoms with E-state index < -0.39 is 9.84 Å². The van der Waals surface area contributed by atoms with Crippen LogP contribution in [0.25, 0.3) is 0 Å². The third-order valence-corrected chi connectivity index (χ3v) is 4.12. The average Bonchev–Trinajstić information content (AvgIpc) is 2.31. The van der Waals surface area contributed by atoms with Gasteiger partial charge in [-0.05, 0) is 24.3 Å². The summed E-state index contributed by atoms with van der Waals surface area (Å²) in [6.45, 7) is 0. The first-order valence-electron chi connectivity index (χ1n) is 4.82. The molecule has 0 radical (unpaired) electrons. The van der Waals surface area contributed by atoms with Crippen molar-refractivity contribution in [3.05, 3.63) is 53.5 Å². The first-order valence-corrected chi connectivity index (χ1v) is 6.30. The lowest BCUT2D eigenvalue weighted by Crippen LogP contribution is -2.07. The maximum atomic E-state index is 12.1. The van der Waals surface area contributed by atoms with E-state index in [4.69, 9.17) is 0 Å². The van der Waals surface area contributed by atoms with Crippen molar-refractivity contribution in [2.75, 3.05) is 0 Å². The molecule has 0 N–H and O–H groups in total. The number of rotatable bonds is 2. The summed E-state index contributed by atoms with van der Waals surface area (Å²) < 4.78 is 24.1. The highest BCUT2D eigenvalue weighted by Crippen LogP contribution is 2.22. The Morgan fingerprint density at radius 2 is 1.69 bits per heavy atom. The van der Waals surface area contributed by atoms with Crippen molar-refractivity contribution in [2.45, 2.75) is 11.3 Å². The number of hydrogen-bond acceptors (Lipinski definition) is 3. The summed E-state index contributed by atoms with van der Waals surface area (Å²) in [5.41, 5.74) is 0. The van der Waals surface area contributed by atoms with Gasteiger partial charge in [0.05, 0.1) is 9.80 Å². The first kappa shape index (κ1) is 10.8. The lowest BCUT2D eigenvalue weighted by atomic mass is 10.2. The minimum atomic E-state index is -3.46. The maximum Gasteiger partial charge on any atom is 0.206 e. The Morgan fingerprint density at radius 3 is 2.25 bits per heavy atom. The second-order valence-electron chi connectivity index (χ2n) is 3.43. The summed E-state index contributed by atoms with van der Waals surface area (Å²) in [7, 11) is -3.46. The van der Waals surface area contributed by atoms with Crippen LogP contribution in [0.2, 0.25) is 0 Å². The summed E-state index contributed by atoms with van der Waals surface area (Å²) in [5, 5.41) is 0. The number of sulfone groups is 1. The molecule has 3 nitrogen and oxygen atoms in total. The van der Waals surface area contributed by atoms with Gasteiger partial charge in [0.1, 0.15) is 0 Å². The van der Waals surface area contributed by atoms with Crippen molar-refractivity contribution < 1.29 is 13.2 Å². The van der Waals surface area contributed by atoms with Crippen molar-refractivity contribution in [3.8, 4) is 0 Å². The summed E-state index contributed by atoms with van der Waals surface area (Å²) in [5.74, 6) is -0.0768. The minimum absolute atomic E-state index is 0.0768. The van der Waals surface area contributed by atoms with Crippen LogP contribution in [-0.4, -0.2) is 14.2 Å². The Labute approximate surface area is 94.0 Å². The topological polar surface area (TPSA) is 51.2 Å². The van der Waals surface area contributed by atoms with Gasteiger partial charge in [-0.3, -0.25) is 4.79 Å². The van der Waals surface area contributed by atoms with Gasteiger partial charge in [-0.1, -0.05) is 24.3 Å². The molecule has 0 amide bonds. The number of hydrogen-bond donors (Lipinski definition) is 0. The van der Waals surface area contributed by atoms with Gasteiger partial charge in [-0.25, -0.2) is 8.42 Å². The number of carbonyl (C=O) groups is 1. The van der Waals surface area contributed by atoms with E-state index in [0.717, 1.165) is 0 Å². The Bertz CT molecular complexity index is 566. The van der Waals surface area contributed by atoms with Gasteiger partial charge in [-0.15, -0.1) is 0 Å². The van der Waals surface area contributed by atoms with E-state index in [-0.39, 0.29) is 22.0 Å². The predicted molar refractivity (Wildman–Crippen MR) is 60.5 cm³/mol. The Balaban J connectivity index is 2.42. The van der Waals surface area contributed by atoms with Crippen LogP contribution in [0.5, 0.6) is 0 Å². The van der Waals surface area contributed by atoms with Gasteiger partial charge in [0.2, 0.25) is 9.84 Å². The van der Waals surface area contributed by atoms with Crippen LogP contribution in [-0.2, 0) is 14.6 Å². The van der Waals surface area contributed by atoms with Crippen LogP contribution in [0.1, 0.15) is 6.42 Å². The molecule has 0 heterocycles. The maximum absolute atomic E-state index is 12.1. The summed E-state index contributed by atoms with van der Waals surface area (Å²) in [4.78, 5) is 11.4. The lowest BCUT2D eigenvalue weighted by molar-refractivity contribution is -0.113. The monoisotopic (exact) mass is 234 g/mol. The molecule has 16 heavy (non-hydrogen) atoms. The zero-order valence-corrected chi connectivity index (χ0v) is 9.28. The van der Waals surface area contributed by atoms with Crippen LogP contribution in [0, 0.1) is 0 Å². The molecule has 1 aliphatic carbocycles. The van der Waals surface area contributed by atoms with Crippen molar-refractivity contribution in [1.82, 2.24) is 0 Å². The van der Waals surface area contributed by atoms with E-state index in [0.29, 0.717) is 0 Å². The average molecular weight is 234 g/mol. The fraction of sp³-hybridized carbons (Fsp3) is 0.0833. The highest BCUT2D eigenvalue weighted by atomic mass is 32.2. The number of ketones is 1. The van der Waals surface area contributed by atoms with Gasteiger partial charge in [0.25, 0.3) is 0 Å². The standard InChI is InChI=1S/C12H10O3S/c13-10-6-8-12(9-7-10)16(14,15)11-4-2-1-3-5-11/h1-6,8-9H,7H2. The van der Waals surface area contributed by atoms with Crippen LogP contribution >= 0.6 is 0 Å². The van der Waals surface area contributed by atoms with Crippen LogP contribution in [0.15, 0.2) is 58.4 Å². The fourth-order valence-corrected chi connectivity index (χ4v) is 2.78. The molecule has 0 saturated heterocycles. The Morgan fingerprint density at radius 1 is 1.00 bits per heavy atom. The molecule has 0 fully saturated rings. The summed E-state index contributed by atoms with van der Waals surface area (Å²) in [6.07, 6.45) is 4.26. The Hall–Kier alpha value is -1.68. The van der Waals surface area contributed by atoms with E-state index in [1.54, 1.807) is 30.3 Å². The number of carbonyl (C=O) groups excluding carboxylic acids is 1. The predicted octanol–water partition coefficient (Wildman–Crippen LogP) is 1.87. The molecule has 0 saturated carbocycles.